The summed E-state index contributed by atoms with van der Waals surface area (Å²) >= 11 is 6.12. The second kappa shape index (κ2) is 16.8. The predicted octanol–water partition coefficient (Wildman–Crippen LogP) is 5.73. The number of amides is 4. The maximum Gasteiger partial charge on any atom is 0.407 e. The molecule has 4 amide bonds. The molecular weight excluding hydrogens is 620 g/mol. The molecule has 4 N–H and O–H groups in total. The number of rotatable bonds is 13. The Kier molecular flexibility index (Phi) is 13.2. The Morgan fingerprint density at radius 1 is 0.809 bits per heavy atom. The van der Waals surface area contributed by atoms with Crippen LogP contribution in [0.15, 0.2) is 72.8 Å². The number of ether oxygens (including phenoxy) is 2. The summed E-state index contributed by atoms with van der Waals surface area (Å²) in [7, 11) is 1.54. The molecule has 47 heavy (non-hydrogen) atoms. The van der Waals surface area contributed by atoms with Gasteiger partial charge in [-0.05, 0) is 80.6 Å². The van der Waals surface area contributed by atoms with Gasteiger partial charge in [-0.1, -0.05) is 67.9 Å². The summed E-state index contributed by atoms with van der Waals surface area (Å²) < 4.78 is 10.6. The summed E-state index contributed by atoms with van der Waals surface area (Å²) in [5.74, 6) is -0.662. The van der Waals surface area contributed by atoms with Crippen LogP contribution < -0.4 is 26.0 Å². The molecule has 0 fully saturated rings. The van der Waals surface area contributed by atoms with E-state index in [1.807, 2.05) is 45.0 Å². The SMILES string of the molecule is COc1ccc(C(NC(=O)[C@H](Cc2ccc(CNC(=O)OC(C)(C)C)cc2)NC(=O)c2cccc(Cl)c2)C(=O)N[C@H](C)C(C)C)cc1. The van der Waals surface area contributed by atoms with Gasteiger partial charge in [0.25, 0.3) is 5.91 Å². The summed E-state index contributed by atoms with van der Waals surface area (Å²) in [5, 5.41) is 11.8. The van der Waals surface area contributed by atoms with Crippen molar-refractivity contribution in [2.24, 2.45) is 5.92 Å². The third kappa shape index (κ3) is 11.9. The molecule has 0 aromatic heterocycles. The number of methoxy groups -OCH3 is 1. The van der Waals surface area contributed by atoms with Crippen LogP contribution in [0.25, 0.3) is 0 Å². The Labute approximate surface area is 281 Å². The number of nitrogens with one attached hydrogen (secondary N) is 4. The van der Waals surface area contributed by atoms with Gasteiger partial charge in [-0.15, -0.1) is 0 Å². The van der Waals surface area contributed by atoms with Gasteiger partial charge < -0.3 is 30.7 Å². The van der Waals surface area contributed by atoms with E-state index < -0.39 is 35.6 Å². The zero-order chi connectivity index (χ0) is 34.7. The van der Waals surface area contributed by atoms with Gasteiger partial charge in [0.2, 0.25) is 11.8 Å². The Hall–Kier alpha value is -4.57. The summed E-state index contributed by atoms with van der Waals surface area (Å²) in [6.45, 7) is 11.5. The molecule has 252 valence electrons. The zero-order valence-corrected chi connectivity index (χ0v) is 28.7. The van der Waals surface area contributed by atoms with E-state index in [9.17, 15) is 19.2 Å². The molecule has 1 unspecified atom stereocenters. The largest absolute Gasteiger partial charge is 0.497 e. The first kappa shape index (κ1) is 36.9. The quantitative estimate of drug-likeness (QED) is 0.184. The monoisotopic (exact) mass is 664 g/mol. The van der Waals surface area contributed by atoms with E-state index in [1.165, 1.54) is 6.07 Å². The highest BCUT2D eigenvalue weighted by atomic mass is 35.5. The molecule has 0 aliphatic rings. The maximum absolute atomic E-state index is 14.0. The molecule has 0 saturated heterocycles. The fourth-order valence-electron chi connectivity index (χ4n) is 4.41. The predicted molar refractivity (Wildman–Crippen MR) is 182 cm³/mol. The van der Waals surface area contributed by atoms with E-state index in [2.05, 4.69) is 21.3 Å². The minimum Gasteiger partial charge on any atom is -0.497 e. The van der Waals surface area contributed by atoms with Crippen LogP contribution in [0.4, 0.5) is 4.79 Å². The second-order valence-electron chi connectivity index (χ2n) is 12.7. The highest BCUT2D eigenvalue weighted by Gasteiger charge is 2.29. The van der Waals surface area contributed by atoms with Crippen molar-refractivity contribution in [1.82, 2.24) is 21.3 Å². The lowest BCUT2D eigenvalue weighted by molar-refractivity contribution is -0.130. The van der Waals surface area contributed by atoms with E-state index in [-0.39, 0.29) is 36.4 Å². The molecule has 0 radical (unpaired) electrons. The third-order valence-corrected chi connectivity index (χ3v) is 7.61. The number of hydrogen-bond donors (Lipinski definition) is 4. The van der Waals surface area contributed by atoms with Gasteiger partial charge in [-0.2, -0.15) is 0 Å². The molecule has 3 aromatic rings. The van der Waals surface area contributed by atoms with Gasteiger partial charge >= 0.3 is 6.09 Å². The molecule has 0 spiro atoms. The van der Waals surface area contributed by atoms with Crippen molar-refractivity contribution in [1.29, 1.82) is 0 Å². The average Bonchev–Trinajstić information content (AvgIpc) is 3.02. The lowest BCUT2D eigenvalue weighted by Crippen LogP contribution is -2.52. The average molecular weight is 665 g/mol. The minimum absolute atomic E-state index is 0.122. The van der Waals surface area contributed by atoms with E-state index >= 15 is 0 Å². The van der Waals surface area contributed by atoms with Crippen molar-refractivity contribution >= 4 is 35.4 Å². The van der Waals surface area contributed by atoms with Crippen LogP contribution in [0.3, 0.4) is 0 Å². The first-order chi connectivity index (χ1) is 22.1. The summed E-state index contributed by atoms with van der Waals surface area (Å²) in [5.41, 5.74) is 1.79. The van der Waals surface area contributed by atoms with Crippen LogP contribution >= 0.6 is 11.6 Å². The van der Waals surface area contributed by atoms with Crippen LogP contribution in [0.1, 0.15) is 74.6 Å². The van der Waals surface area contributed by atoms with Crippen molar-refractivity contribution in [2.45, 2.75) is 78.2 Å². The van der Waals surface area contributed by atoms with Crippen molar-refractivity contribution < 1.29 is 28.7 Å². The number of hydrogen-bond acceptors (Lipinski definition) is 6. The van der Waals surface area contributed by atoms with Gasteiger partial charge in [0, 0.05) is 29.6 Å². The zero-order valence-electron chi connectivity index (χ0n) is 28.0. The molecule has 3 aromatic carbocycles. The Morgan fingerprint density at radius 3 is 2.02 bits per heavy atom. The normalized spacial score (nSPS) is 13.1. The van der Waals surface area contributed by atoms with Crippen molar-refractivity contribution in [3.8, 4) is 5.75 Å². The standard InChI is InChI=1S/C36H45ClN4O6/c1-22(2)23(3)39-34(44)31(26-15-17-29(46-7)18-16-26)41-33(43)30(40-32(42)27-9-8-10-28(37)20-27)19-24-11-13-25(14-12-24)21-38-35(45)47-36(4,5)6/h8-18,20,22-23,30-31H,19,21H2,1-7H3,(H,38,45)(H,39,44)(H,40,42)(H,41,43)/t23-,30+,31?/m1/s1. The van der Waals surface area contributed by atoms with Gasteiger partial charge in [-0.3, -0.25) is 14.4 Å². The highest BCUT2D eigenvalue weighted by molar-refractivity contribution is 6.31. The third-order valence-electron chi connectivity index (χ3n) is 7.38. The maximum atomic E-state index is 14.0. The first-order valence-corrected chi connectivity index (χ1v) is 15.9. The van der Waals surface area contributed by atoms with Crippen molar-refractivity contribution in [2.75, 3.05) is 7.11 Å². The topological polar surface area (TPSA) is 135 Å². The van der Waals surface area contributed by atoms with E-state index in [4.69, 9.17) is 21.1 Å². The Morgan fingerprint density at radius 2 is 1.45 bits per heavy atom. The number of benzene rings is 3. The molecule has 3 atom stereocenters. The highest BCUT2D eigenvalue weighted by Crippen LogP contribution is 2.20. The van der Waals surface area contributed by atoms with Crippen LogP contribution in [0.5, 0.6) is 5.75 Å². The summed E-state index contributed by atoms with van der Waals surface area (Å²) in [6, 6.07) is 18.3. The van der Waals surface area contributed by atoms with Crippen molar-refractivity contribution in [3.63, 3.8) is 0 Å². The van der Waals surface area contributed by atoms with Crippen molar-refractivity contribution in [3.05, 3.63) is 100 Å². The summed E-state index contributed by atoms with van der Waals surface area (Å²) in [4.78, 5) is 52.8. The Bertz CT molecular complexity index is 1520. The Balaban J connectivity index is 1.86. The molecule has 10 nitrogen and oxygen atoms in total. The molecule has 3 rings (SSSR count). The molecule has 0 aliphatic heterocycles. The minimum atomic E-state index is -1.05. The smallest absolute Gasteiger partial charge is 0.407 e. The fourth-order valence-corrected chi connectivity index (χ4v) is 4.60. The van der Waals surface area contributed by atoms with Gasteiger partial charge in [0.15, 0.2) is 0 Å². The molecule has 0 saturated carbocycles. The van der Waals surface area contributed by atoms with Gasteiger partial charge in [0.05, 0.1) is 7.11 Å². The molecular formula is C36H45ClN4O6. The number of carbonyl (C=O) groups excluding carboxylic acids is 4. The second-order valence-corrected chi connectivity index (χ2v) is 13.1. The number of alkyl carbamates (subject to hydrolysis) is 1. The molecule has 0 bridgehead atoms. The molecule has 0 aliphatic carbocycles. The van der Waals surface area contributed by atoms with E-state index in [0.717, 1.165) is 11.1 Å². The van der Waals surface area contributed by atoms with Gasteiger partial charge in [-0.25, -0.2) is 4.79 Å². The van der Waals surface area contributed by atoms with Gasteiger partial charge in [0.1, 0.15) is 23.4 Å². The lowest BCUT2D eigenvalue weighted by atomic mass is 10.0. The van der Waals surface area contributed by atoms with Crippen LogP contribution in [0, 0.1) is 5.92 Å². The number of carbonyl (C=O) groups is 4. The first-order valence-electron chi connectivity index (χ1n) is 15.5. The van der Waals surface area contributed by atoms with E-state index in [1.54, 1.807) is 70.3 Å². The fraction of sp³-hybridized carbons (Fsp3) is 0.389. The summed E-state index contributed by atoms with van der Waals surface area (Å²) in [6.07, 6.45) is -0.405. The van der Waals surface area contributed by atoms with Crippen LogP contribution in [0.2, 0.25) is 5.02 Å². The van der Waals surface area contributed by atoms with Crippen LogP contribution in [-0.4, -0.2) is 48.6 Å². The lowest BCUT2D eigenvalue weighted by Gasteiger charge is -2.26. The van der Waals surface area contributed by atoms with Crippen LogP contribution in [-0.2, 0) is 27.3 Å². The molecule has 11 heteroatoms. The number of halogens is 1. The van der Waals surface area contributed by atoms with E-state index in [0.29, 0.717) is 16.3 Å². The molecule has 0 heterocycles.